The first-order valence-corrected chi connectivity index (χ1v) is 15.2. The van der Waals surface area contributed by atoms with Gasteiger partial charge in [-0.05, 0) is 42.9 Å². The van der Waals surface area contributed by atoms with Gasteiger partial charge in [0, 0.05) is 40.9 Å². The van der Waals surface area contributed by atoms with Crippen LogP contribution in [0.2, 0.25) is 0 Å². The Bertz CT molecular complexity index is 1380. The highest BCUT2D eigenvalue weighted by molar-refractivity contribution is 7.99. The molecule has 0 amide bonds. The van der Waals surface area contributed by atoms with Gasteiger partial charge in [0.2, 0.25) is 5.16 Å². The molecule has 2 aromatic rings. The average molecular weight is 583 g/mol. The second kappa shape index (κ2) is 10.7. The van der Waals surface area contributed by atoms with Crippen molar-refractivity contribution in [1.82, 2.24) is 15.2 Å². The van der Waals surface area contributed by atoms with E-state index in [0.29, 0.717) is 29.4 Å². The Hall–Kier alpha value is -3.05. The number of Topliss-reactive ketones (excluding diaryl/α,β-unsaturated/α-hetero) is 1. The van der Waals surface area contributed by atoms with Crippen molar-refractivity contribution >= 4 is 29.2 Å². The Kier molecular flexibility index (Phi) is 7.65. The number of hydrogen-bond acceptors (Lipinski definition) is 9. The monoisotopic (exact) mass is 582 g/mol. The van der Waals surface area contributed by atoms with Crippen molar-refractivity contribution in [3.05, 3.63) is 47.0 Å². The van der Waals surface area contributed by atoms with Gasteiger partial charge >= 0.3 is 5.97 Å². The van der Waals surface area contributed by atoms with Crippen molar-refractivity contribution in [3.8, 4) is 11.4 Å². The van der Waals surface area contributed by atoms with E-state index >= 15 is 0 Å². The van der Waals surface area contributed by atoms with Gasteiger partial charge in [0.25, 0.3) is 5.69 Å². The Morgan fingerprint density at radius 3 is 2.80 bits per heavy atom. The van der Waals surface area contributed by atoms with E-state index in [1.54, 1.807) is 18.2 Å². The molecule has 5 rings (SSSR count). The van der Waals surface area contributed by atoms with Crippen LogP contribution in [0.15, 0.2) is 42.1 Å². The molecule has 11 heteroatoms. The maximum atomic E-state index is 13.5. The molecule has 1 aromatic heterocycles. The number of benzene rings is 1. The van der Waals surface area contributed by atoms with Crippen LogP contribution in [0.4, 0.5) is 5.69 Å². The molecule has 3 fully saturated rings. The van der Waals surface area contributed by atoms with Crippen LogP contribution in [0, 0.1) is 44.1 Å². The lowest BCUT2D eigenvalue weighted by molar-refractivity contribution is -0.384. The molecule has 41 heavy (non-hydrogen) atoms. The number of thioether (sulfide) groups is 1. The molecule has 0 radical (unpaired) electrons. The minimum absolute atomic E-state index is 0.0549. The SMILES string of the molecule is C=C[C@]1(C)C[C@@H](OC(=O)CSc2n[nH]c(-c3cccc([N+](=O)[O-])c3)n2)[C@]2(C)[C@H](C)CC[C@]3(CCC(=O)[C@H]32)[C@@H](C)[C@@H]1O. The largest absolute Gasteiger partial charge is 0.461 e. The number of ether oxygens (including phenoxy) is 1. The summed E-state index contributed by atoms with van der Waals surface area (Å²) in [4.78, 5) is 41.9. The number of non-ortho nitro benzene ring substituents is 1. The number of aliphatic hydroxyl groups excluding tert-OH is 1. The van der Waals surface area contributed by atoms with Crippen LogP contribution in [0.3, 0.4) is 0 Å². The van der Waals surface area contributed by atoms with Gasteiger partial charge in [-0.1, -0.05) is 57.7 Å². The number of H-pyrrole nitrogens is 1. The van der Waals surface area contributed by atoms with E-state index in [-0.39, 0.29) is 40.4 Å². The molecule has 2 N–H and O–H groups in total. The molecule has 10 nitrogen and oxygen atoms in total. The molecule has 0 spiro atoms. The topological polar surface area (TPSA) is 148 Å². The van der Waals surface area contributed by atoms with E-state index in [1.807, 2.05) is 6.92 Å². The maximum Gasteiger partial charge on any atom is 0.316 e. The summed E-state index contributed by atoms with van der Waals surface area (Å²) < 4.78 is 6.26. The average Bonchev–Trinajstić information content (AvgIpc) is 3.58. The van der Waals surface area contributed by atoms with E-state index in [1.165, 1.54) is 12.1 Å². The van der Waals surface area contributed by atoms with Crippen molar-refractivity contribution in [2.75, 3.05) is 5.75 Å². The molecule has 1 heterocycles. The van der Waals surface area contributed by atoms with Crippen LogP contribution < -0.4 is 0 Å². The summed E-state index contributed by atoms with van der Waals surface area (Å²) in [5.74, 6) is -0.165. The van der Waals surface area contributed by atoms with Gasteiger partial charge in [-0.3, -0.25) is 24.8 Å². The standard InChI is InChI=1S/C30H38N4O6S/c1-6-28(4)15-22(29(5)17(2)10-12-30(18(3)25(28)37)13-11-21(35)24(29)30)40-23(36)16-41-27-31-26(32-33-27)19-8-7-9-20(14-19)34(38)39/h6-9,14,17-18,22,24-25,37H,1,10-13,15-16H2,2-5H3,(H,31,32,33)/t17-,18+,22-,24+,25+,28-,29+,30+/m1/s1. The Morgan fingerprint density at radius 1 is 1.34 bits per heavy atom. The summed E-state index contributed by atoms with van der Waals surface area (Å²) in [5, 5.41) is 30.0. The second-order valence-electron chi connectivity index (χ2n) is 12.6. The zero-order chi connectivity index (χ0) is 29.7. The first kappa shape index (κ1) is 29.4. The van der Waals surface area contributed by atoms with Gasteiger partial charge in [0.05, 0.1) is 16.8 Å². The number of esters is 1. The molecule has 0 aliphatic heterocycles. The summed E-state index contributed by atoms with van der Waals surface area (Å²) in [6, 6.07) is 6.06. The van der Waals surface area contributed by atoms with E-state index in [0.717, 1.165) is 31.0 Å². The normalized spacial score (nSPS) is 36.6. The van der Waals surface area contributed by atoms with Gasteiger partial charge in [0.15, 0.2) is 5.82 Å². The minimum Gasteiger partial charge on any atom is -0.461 e. The van der Waals surface area contributed by atoms with E-state index in [4.69, 9.17) is 4.74 Å². The number of carbonyl (C=O) groups excluding carboxylic acids is 2. The Balaban J connectivity index is 1.38. The number of nitro groups is 1. The third kappa shape index (κ3) is 4.80. The molecular weight excluding hydrogens is 544 g/mol. The molecule has 3 saturated carbocycles. The number of ketones is 1. The summed E-state index contributed by atoms with van der Waals surface area (Å²) in [6.45, 7) is 12.4. The van der Waals surface area contributed by atoms with Gasteiger partial charge in [-0.25, -0.2) is 4.98 Å². The van der Waals surface area contributed by atoms with Crippen molar-refractivity contribution < 1.29 is 24.4 Å². The minimum atomic E-state index is -0.720. The molecule has 3 aliphatic carbocycles. The van der Waals surface area contributed by atoms with Gasteiger partial charge in [-0.15, -0.1) is 11.7 Å². The first-order valence-electron chi connectivity index (χ1n) is 14.2. The number of nitro benzene ring substituents is 1. The molecule has 8 atom stereocenters. The molecule has 3 aliphatic rings. The van der Waals surface area contributed by atoms with Gasteiger partial charge in [0.1, 0.15) is 11.9 Å². The van der Waals surface area contributed by atoms with Crippen LogP contribution in [0.1, 0.15) is 59.8 Å². The molecular formula is C30H38N4O6S. The summed E-state index contributed by atoms with van der Waals surface area (Å²) >= 11 is 1.10. The predicted molar refractivity (Wildman–Crippen MR) is 154 cm³/mol. The fourth-order valence-electron chi connectivity index (χ4n) is 8.02. The number of aliphatic hydroxyl groups is 1. The highest BCUT2D eigenvalue weighted by Gasteiger charge is 2.68. The van der Waals surface area contributed by atoms with Crippen LogP contribution in [0.25, 0.3) is 11.4 Å². The highest BCUT2D eigenvalue weighted by Crippen LogP contribution is 2.68. The summed E-state index contributed by atoms with van der Waals surface area (Å²) in [7, 11) is 0. The van der Waals surface area contributed by atoms with Crippen LogP contribution in [-0.4, -0.2) is 54.9 Å². The lowest BCUT2D eigenvalue weighted by Crippen LogP contribution is -2.63. The third-order valence-corrected chi connectivity index (χ3v) is 11.5. The zero-order valence-corrected chi connectivity index (χ0v) is 24.8. The fraction of sp³-hybridized carbons (Fsp3) is 0.600. The summed E-state index contributed by atoms with van der Waals surface area (Å²) in [6.07, 6.45) is 3.86. The molecule has 220 valence electrons. The number of nitrogens with zero attached hydrogens (tertiary/aromatic N) is 3. The van der Waals surface area contributed by atoms with Crippen molar-refractivity contribution in [2.24, 2.45) is 34.0 Å². The zero-order valence-electron chi connectivity index (χ0n) is 24.0. The molecule has 2 bridgehead atoms. The third-order valence-electron chi connectivity index (χ3n) is 10.7. The Morgan fingerprint density at radius 2 is 2.10 bits per heavy atom. The fourth-order valence-corrected chi connectivity index (χ4v) is 8.61. The van der Waals surface area contributed by atoms with Crippen LogP contribution in [-0.2, 0) is 14.3 Å². The number of aromatic amines is 1. The van der Waals surface area contributed by atoms with Crippen molar-refractivity contribution in [1.29, 1.82) is 0 Å². The van der Waals surface area contributed by atoms with E-state index < -0.39 is 33.9 Å². The number of aromatic nitrogens is 3. The number of carbonyl (C=O) groups is 2. The quantitative estimate of drug-likeness (QED) is 0.144. The number of rotatable bonds is 7. The Labute approximate surface area is 243 Å². The highest BCUT2D eigenvalue weighted by atomic mass is 32.2. The van der Waals surface area contributed by atoms with Crippen molar-refractivity contribution in [2.45, 2.75) is 77.2 Å². The predicted octanol–water partition coefficient (Wildman–Crippen LogP) is 5.38. The smallest absolute Gasteiger partial charge is 0.316 e. The lowest BCUT2D eigenvalue weighted by Gasteiger charge is -2.61. The molecule has 0 saturated heterocycles. The molecule has 0 unspecified atom stereocenters. The number of nitrogens with one attached hydrogen (secondary N) is 1. The van der Waals surface area contributed by atoms with E-state index in [2.05, 4.69) is 42.5 Å². The lowest BCUT2D eigenvalue weighted by atomic mass is 9.44. The van der Waals surface area contributed by atoms with E-state index in [9.17, 15) is 24.8 Å². The second-order valence-corrected chi connectivity index (χ2v) is 13.6. The molecule has 1 aromatic carbocycles. The maximum absolute atomic E-state index is 13.5. The van der Waals surface area contributed by atoms with Crippen LogP contribution >= 0.6 is 11.8 Å². The van der Waals surface area contributed by atoms with Crippen molar-refractivity contribution in [3.63, 3.8) is 0 Å². The van der Waals surface area contributed by atoms with Crippen LogP contribution in [0.5, 0.6) is 0 Å². The number of hydrogen-bond donors (Lipinski definition) is 2. The van der Waals surface area contributed by atoms with Gasteiger partial charge in [-0.2, -0.15) is 0 Å². The first-order chi connectivity index (χ1) is 19.4. The summed E-state index contributed by atoms with van der Waals surface area (Å²) in [5.41, 5.74) is -1.15. The van der Waals surface area contributed by atoms with Gasteiger partial charge < -0.3 is 9.84 Å².